The van der Waals surface area contributed by atoms with Crippen molar-refractivity contribution in [2.24, 2.45) is 0 Å². The first-order chi connectivity index (χ1) is 6.74. The smallest absolute Gasteiger partial charge is 0.0989 e. The highest BCUT2D eigenvalue weighted by Crippen LogP contribution is 2.38. The van der Waals surface area contributed by atoms with Gasteiger partial charge in [0.1, 0.15) is 0 Å². The van der Waals surface area contributed by atoms with Crippen LogP contribution in [0.15, 0.2) is 17.5 Å². The molecule has 2 nitrogen and oxygen atoms in total. The summed E-state index contributed by atoms with van der Waals surface area (Å²) < 4.78 is 0. The van der Waals surface area contributed by atoms with E-state index in [1.165, 1.54) is 0 Å². The Morgan fingerprint density at radius 2 is 2.21 bits per heavy atom. The molecule has 0 amide bonds. The fraction of sp³-hybridized carbons (Fsp3) is 0.636. The summed E-state index contributed by atoms with van der Waals surface area (Å²) in [6.07, 6.45) is 3.92. The van der Waals surface area contributed by atoms with E-state index < -0.39 is 5.60 Å². The van der Waals surface area contributed by atoms with E-state index in [9.17, 15) is 5.11 Å². The minimum absolute atomic E-state index is 0.540. The van der Waals surface area contributed by atoms with Crippen molar-refractivity contribution in [3.05, 3.63) is 22.4 Å². The quantitative estimate of drug-likeness (QED) is 0.785. The maximum atomic E-state index is 10.4. The molecule has 1 saturated carbocycles. The molecule has 1 fully saturated rings. The minimum atomic E-state index is -0.540. The van der Waals surface area contributed by atoms with Crippen LogP contribution >= 0.6 is 11.3 Å². The highest BCUT2D eigenvalue weighted by molar-refractivity contribution is 7.10. The van der Waals surface area contributed by atoms with Crippen molar-refractivity contribution in [2.75, 3.05) is 7.05 Å². The van der Waals surface area contributed by atoms with Crippen LogP contribution in [-0.4, -0.2) is 18.2 Å². The summed E-state index contributed by atoms with van der Waals surface area (Å²) in [4.78, 5) is 1.13. The molecule has 0 saturated heterocycles. The molecule has 1 aromatic rings. The van der Waals surface area contributed by atoms with Crippen LogP contribution in [0.4, 0.5) is 0 Å². The molecule has 0 spiro atoms. The average molecular weight is 211 g/mol. The third-order valence-corrected chi connectivity index (χ3v) is 4.26. The van der Waals surface area contributed by atoms with Crippen LogP contribution in [0.25, 0.3) is 0 Å². The zero-order chi connectivity index (χ0) is 10.0. The van der Waals surface area contributed by atoms with Crippen molar-refractivity contribution in [3.63, 3.8) is 0 Å². The van der Waals surface area contributed by atoms with E-state index in [1.807, 2.05) is 24.6 Å². The molecule has 1 aliphatic carbocycles. The largest absolute Gasteiger partial charge is 0.384 e. The lowest BCUT2D eigenvalue weighted by Gasteiger charge is -2.35. The van der Waals surface area contributed by atoms with Gasteiger partial charge in [0.15, 0.2) is 0 Å². The van der Waals surface area contributed by atoms with Crippen LogP contribution in [0.3, 0.4) is 0 Å². The van der Waals surface area contributed by atoms with Crippen molar-refractivity contribution in [1.82, 2.24) is 5.32 Å². The fourth-order valence-electron chi connectivity index (χ4n) is 2.17. The molecule has 1 aromatic heterocycles. The molecule has 2 rings (SSSR count). The summed E-state index contributed by atoms with van der Waals surface area (Å²) in [5.41, 5.74) is -0.540. The monoisotopic (exact) mass is 211 g/mol. The molecular weight excluding hydrogens is 194 g/mol. The molecular formula is C11H17NOS. The Kier molecular flexibility index (Phi) is 2.91. The molecule has 1 heterocycles. The van der Waals surface area contributed by atoms with E-state index in [0.29, 0.717) is 6.04 Å². The third-order valence-electron chi connectivity index (χ3n) is 3.20. The SMILES string of the molecule is CNC1CCC(O)(c2cccs2)CC1. The Morgan fingerprint density at radius 1 is 1.50 bits per heavy atom. The molecule has 3 heteroatoms. The number of thiophene rings is 1. The average Bonchev–Trinajstić information content (AvgIpc) is 2.72. The first kappa shape index (κ1) is 10.1. The Hall–Kier alpha value is -0.380. The number of rotatable bonds is 2. The van der Waals surface area contributed by atoms with E-state index >= 15 is 0 Å². The predicted octanol–water partition coefficient (Wildman–Crippen LogP) is 2.10. The van der Waals surface area contributed by atoms with E-state index in [0.717, 1.165) is 30.6 Å². The molecule has 0 unspecified atom stereocenters. The van der Waals surface area contributed by atoms with E-state index in [1.54, 1.807) is 11.3 Å². The van der Waals surface area contributed by atoms with Gasteiger partial charge in [0.05, 0.1) is 5.60 Å². The molecule has 0 aliphatic heterocycles. The lowest BCUT2D eigenvalue weighted by atomic mass is 9.81. The van der Waals surface area contributed by atoms with Crippen molar-refractivity contribution < 1.29 is 5.11 Å². The summed E-state index contributed by atoms with van der Waals surface area (Å²) >= 11 is 1.67. The van der Waals surface area contributed by atoms with Gasteiger partial charge in [-0.25, -0.2) is 0 Å². The zero-order valence-electron chi connectivity index (χ0n) is 8.49. The van der Waals surface area contributed by atoms with Gasteiger partial charge >= 0.3 is 0 Å². The van der Waals surface area contributed by atoms with Gasteiger partial charge in [-0.1, -0.05) is 6.07 Å². The van der Waals surface area contributed by atoms with Crippen molar-refractivity contribution in [2.45, 2.75) is 37.3 Å². The predicted molar refractivity (Wildman–Crippen MR) is 59.5 cm³/mol. The summed E-state index contributed by atoms with van der Waals surface area (Å²) in [5, 5.41) is 15.7. The van der Waals surface area contributed by atoms with E-state index in [-0.39, 0.29) is 0 Å². The minimum Gasteiger partial charge on any atom is -0.384 e. The van der Waals surface area contributed by atoms with Gasteiger partial charge in [0.2, 0.25) is 0 Å². The zero-order valence-corrected chi connectivity index (χ0v) is 9.31. The van der Waals surface area contributed by atoms with Gasteiger partial charge in [-0.2, -0.15) is 0 Å². The molecule has 14 heavy (non-hydrogen) atoms. The first-order valence-electron chi connectivity index (χ1n) is 5.18. The molecule has 0 radical (unpaired) electrons. The lowest BCUT2D eigenvalue weighted by molar-refractivity contribution is -0.00429. The van der Waals surface area contributed by atoms with Crippen LogP contribution in [-0.2, 0) is 5.60 Å². The standard InChI is InChI=1S/C11H17NOS/c1-12-9-4-6-11(13,7-5-9)10-3-2-8-14-10/h2-3,8-9,12-13H,4-7H2,1H3. The maximum Gasteiger partial charge on any atom is 0.0989 e. The molecule has 78 valence electrons. The number of hydrogen-bond acceptors (Lipinski definition) is 3. The third kappa shape index (κ3) is 1.85. The molecule has 1 aliphatic rings. The van der Waals surface area contributed by atoms with Crippen molar-refractivity contribution in [3.8, 4) is 0 Å². The Balaban J connectivity index is 2.06. The van der Waals surface area contributed by atoms with Gasteiger partial charge in [-0.05, 0) is 44.2 Å². The van der Waals surface area contributed by atoms with Crippen molar-refractivity contribution in [1.29, 1.82) is 0 Å². The number of aliphatic hydroxyl groups is 1. The number of hydrogen-bond donors (Lipinski definition) is 2. The Morgan fingerprint density at radius 3 is 2.71 bits per heavy atom. The highest BCUT2D eigenvalue weighted by atomic mass is 32.1. The molecule has 0 aromatic carbocycles. The number of nitrogens with one attached hydrogen (secondary N) is 1. The highest BCUT2D eigenvalue weighted by Gasteiger charge is 2.34. The van der Waals surface area contributed by atoms with Crippen LogP contribution in [0.5, 0.6) is 0 Å². The summed E-state index contributed by atoms with van der Waals surface area (Å²) in [6, 6.07) is 4.65. The molecule has 0 atom stereocenters. The van der Waals surface area contributed by atoms with Gasteiger partial charge in [-0.3, -0.25) is 0 Å². The second-order valence-electron chi connectivity index (χ2n) is 4.07. The Bertz CT molecular complexity index is 275. The van der Waals surface area contributed by atoms with Gasteiger partial charge in [0.25, 0.3) is 0 Å². The van der Waals surface area contributed by atoms with Crippen molar-refractivity contribution >= 4 is 11.3 Å². The second-order valence-corrected chi connectivity index (χ2v) is 5.02. The second kappa shape index (κ2) is 4.01. The molecule has 2 N–H and O–H groups in total. The topological polar surface area (TPSA) is 32.3 Å². The maximum absolute atomic E-state index is 10.4. The van der Waals surface area contributed by atoms with Crippen LogP contribution in [0.2, 0.25) is 0 Å². The summed E-state index contributed by atoms with van der Waals surface area (Å²) in [5.74, 6) is 0. The van der Waals surface area contributed by atoms with Gasteiger partial charge < -0.3 is 10.4 Å². The fourth-order valence-corrected chi connectivity index (χ4v) is 3.06. The van der Waals surface area contributed by atoms with Crippen LogP contribution < -0.4 is 5.32 Å². The van der Waals surface area contributed by atoms with Gasteiger partial charge in [-0.15, -0.1) is 11.3 Å². The van der Waals surface area contributed by atoms with Crippen LogP contribution in [0.1, 0.15) is 30.6 Å². The van der Waals surface area contributed by atoms with E-state index in [4.69, 9.17) is 0 Å². The van der Waals surface area contributed by atoms with Crippen LogP contribution in [0, 0.1) is 0 Å². The molecule has 0 bridgehead atoms. The summed E-state index contributed by atoms with van der Waals surface area (Å²) in [6.45, 7) is 0. The van der Waals surface area contributed by atoms with E-state index in [2.05, 4.69) is 5.32 Å². The lowest BCUT2D eigenvalue weighted by Crippen LogP contribution is -2.37. The van der Waals surface area contributed by atoms with Gasteiger partial charge in [0, 0.05) is 10.9 Å². The normalized spacial score (nSPS) is 33.1. The Labute approximate surface area is 89.0 Å². The first-order valence-corrected chi connectivity index (χ1v) is 6.06. The summed E-state index contributed by atoms with van der Waals surface area (Å²) in [7, 11) is 2.00.